The molecule has 0 aromatic heterocycles. The number of hydrogen-bond acceptors (Lipinski definition) is 5. The first-order valence-corrected chi connectivity index (χ1v) is 13.6. The normalized spacial score (nSPS) is 12.1. The quantitative estimate of drug-likeness (QED) is 0.427. The Hall–Kier alpha value is -2.78. The number of unbranched alkanes of at least 4 members (excludes halogenated alkanes) is 1. The van der Waals surface area contributed by atoms with Gasteiger partial charge in [-0.1, -0.05) is 43.1 Å². The van der Waals surface area contributed by atoms with Crippen LogP contribution < -0.4 is 14.4 Å². The van der Waals surface area contributed by atoms with Gasteiger partial charge in [-0.2, -0.15) is 0 Å². The summed E-state index contributed by atoms with van der Waals surface area (Å²) in [5.41, 5.74) is 1.75. The molecule has 0 heterocycles. The lowest BCUT2D eigenvalue weighted by molar-refractivity contribution is -0.139. The molecule has 10 heteroatoms. The van der Waals surface area contributed by atoms with Gasteiger partial charge in [0.2, 0.25) is 21.8 Å². The Morgan fingerprint density at radius 2 is 1.80 bits per heavy atom. The molecule has 2 amide bonds. The molecule has 0 bridgehead atoms. The zero-order chi connectivity index (χ0) is 26.2. The van der Waals surface area contributed by atoms with Gasteiger partial charge in [-0.05, 0) is 55.7 Å². The van der Waals surface area contributed by atoms with Gasteiger partial charge in [0, 0.05) is 18.1 Å². The summed E-state index contributed by atoms with van der Waals surface area (Å²) < 4.78 is 31.6. The minimum Gasteiger partial charge on any atom is -0.497 e. The lowest BCUT2D eigenvalue weighted by Crippen LogP contribution is -2.51. The van der Waals surface area contributed by atoms with Gasteiger partial charge in [0.05, 0.1) is 19.1 Å². The Balaban J connectivity index is 2.38. The largest absolute Gasteiger partial charge is 0.497 e. The van der Waals surface area contributed by atoms with Crippen molar-refractivity contribution in [3.63, 3.8) is 0 Å². The van der Waals surface area contributed by atoms with E-state index in [1.165, 1.54) is 11.0 Å². The van der Waals surface area contributed by atoms with Crippen molar-refractivity contribution in [1.82, 2.24) is 10.2 Å². The van der Waals surface area contributed by atoms with Gasteiger partial charge in [-0.15, -0.1) is 0 Å². The van der Waals surface area contributed by atoms with Crippen molar-refractivity contribution in [2.75, 3.05) is 30.8 Å². The van der Waals surface area contributed by atoms with E-state index in [4.69, 9.17) is 16.3 Å². The average Bonchev–Trinajstić information content (AvgIpc) is 2.81. The number of rotatable bonds is 12. The molecule has 0 aliphatic carbocycles. The van der Waals surface area contributed by atoms with Crippen molar-refractivity contribution in [2.24, 2.45) is 0 Å². The van der Waals surface area contributed by atoms with E-state index in [1.807, 2.05) is 6.92 Å². The van der Waals surface area contributed by atoms with Crippen LogP contribution in [0.1, 0.15) is 37.8 Å². The Morgan fingerprint density at radius 3 is 2.37 bits per heavy atom. The second-order valence-corrected chi connectivity index (χ2v) is 10.7. The number of carbonyl (C=O) groups is 2. The SMILES string of the molecule is CCCCNC(=O)C(C)N(Cc1ccc(OC)cc1)C(=O)CN(c1cc(Cl)ccc1C)S(C)(=O)=O. The highest BCUT2D eigenvalue weighted by Gasteiger charge is 2.30. The topological polar surface area (TPSA) is 96.0 Å². The molecule has 0 saturated carbocycles. The molecule has 0 spiro atoms. The van der Waals surface area contributed by atoms with E-state index < -0.39 is 28.5 Å². The highest BCUT2D eigenvalue weighted by Crippen LogP contribution is 2.27. The van der Waals surface area contributed by atoms with Crippen molar-refractivity contribution in [3.8, 4) is 5.75 Å². The Kier molecular flexibility index (Phi) is 10.4. The monoisotopic (exact) mass is 523 g/mol. The van der Waals surface area contributed by atoms with Crippen molar-refractivity contribution >= 4 is 39.1 Å². The molecule has 0 aliphatic rings. The third kappa shape index (κ3) is 8.14. The van der Waals surface area contributed by atoms with Gasteiger partial charge in [-0.3, -0.25) is 13.9 Å². The summed E-state index contributed by atoms with van der Waals surface area (Å²) in [6, 6.07) is 11.2. The summed E-state index contributed by atoms with van der Waals surface area (Å²) in [5.74, 6) is -0.148. The molecule has 0 aliphatic heterocycles. The number of benzene rings is 2. The first-order chi connectivity index (χ1) is 16.5. The maximum absolute atomic E-state index is 13.6. The predicted octanol–water partition coefficient (Wildman–Crippen LogP) is 3.76. The molecule has 8 nitrogen and oxygen atoms in total. The zero-order valence-corrected chi connectivity index (χ0v) is 22.4. The Morgan fingerprint density at radius 1 is 1.14 bits per heavy atom. The number of amides is 2. The number of sulfonamides is 1. The molecule has 35 heavy (non-hydrogen) atoms. The maximum atomic E-state index is 13.6. The number of nitrogens with one attached hydrogen (secondary N) is 1. The van der Waals surface area contributed by atoms with E-state index in [9.17, 15) is 18.0 Å². The number of anilines is 1. The highest BCUT2D eigenvalue weighted by atomic mass is 35.5. The first-order valence-electron chi connectivity index (χ1n) is 11.4. The summed E-state index contributed by atoms with van der Waals surface area (Å²) in [5, 5.41) is 3.20. The molecule has 2 aromatic carbocycles. The molecule has 2 rings (SSSR count). The molecule has 0 fully saturated rings. The number of nitrogens with zero attached hydrogens (tertiary/aromatic N) is 2. The van der Waals surface area contributed by atoms with Gasteiger partial charge < -0.3 is 15.0 Å². The fraction of sp³-hybridized carbons (Fsp3) is 0.440. The van der Waals surface area contributed by atoms with Crippen molar-refractivity contribution in [1.29, 1.82) is 0 Å². The van der Waals surface area contributed by atoms with Crippen LogP contribution in [0.3, 0.4) is 0 Å². The summed E-state index contributed by atoms with van der Waals surface area (Å²) in [4.78, 5) is 27.8. The van der Waals surface area contributed by atoms with Crippen LogP contribution in [-0.4, -0.2) is 57.6 Å². The number of carbonyl (C=O) groups excluding carboxylic acids is 2. The lowest BCUT2D eigenvalue weighted by Gasteiger charge is -2.32. The number of hydrogen-bond donors (Lipinski definition) is 1. The third-order valence-electron chi connectivity index (χ3n) is 5.63. The van der Waals surface area contributed by atoms with Crippen molar-refractivity contribution in [3.05, 3.63) is 58.6 Å². The summed E-state index contributed by atoms with van der Waals surface area (Å²) in [6.07, 6.45) is 2.78. The van der Waals surface area contributed by atoms with Crippen LogP contribution in [0.25, 0.3) is 0 Å². The summed E-state index contributed by atoms with van der Waals surface area (Å²) in [6.45, 7) is 5.56. The smallest absolute Gasteiger partial charge is 0.244 e. The molecule has 1 unspecified atom stereocenters. The predicted molar refractivity (Wildman–Crippen MR) is 139 cm³/mol. The number of ether oxygens (including phenoxy) is 1. The van der Waals surface area contributed by atoms with Gasteiger partial charge in [0.1, 0.15) is 18.3 Å². The van der Waals surface area contributed by atoms with Crippen LogP contribution in [0.4, 0.5) is 5.69 Å². The van der Waals surface area contributed by atoms with E-state index in [2.05, 4.69) is 5.32 Å². The van der Waals surface area contributed by atoms with Gasteiger partial charge in [-0.25, -0.2) is 8.42 Å². The molecule has 192 valence electrons. The molecule has 0 radical (unpaired) electrons. The molecule has 2 aromatic rings. The third-order valence-corrected chi connectivity index (χ3v) is 6.99. The molecule has 1 N–H and O–H groups in total. The summed E-state index contributed by atoms with van der Waals surface area (Å²) in [7, 11) is -2.26. The fourth-order valence-corrected chi connectivity index (χ4v) is 4.56. The standard InChI is InChI=1S/C25H34ClN3O5S/c1-6-7-14-27-25(31)19(3)28(16-20-9-12-22(34-4)13-10-20)24(30)17-29(35(5,32)33)23-15-21(26)11-8-18(23)2/h8-13,15,19H,6-7,14,16-17H2,1-5H3,(H,27,31). The van der Waals surface area contributed by atoms with E-state index in [0.29, 0.717) is 28.6 Å². The summed E-state index contributed by atoms with van der Waals surface area (Å²) >= 11 is 6.11. The number of aryl methyl sites for hydroxylation is 1. The average molecular weight is 524 g/mol. The molecule has 1 atom stereocenters. The molecule has 0 saturated heterocycles. The van der Waals surface area contributed by atoms with Gasteiger partial charge >= 0.3 is 0 Å². The van der Waals surface area contributed by atoms with Gasteiger partial charge in [0.25, 0.3) is 0 Å². The molecular formula is C25H34ClN3O5S. The van der Waals surface area contributed by atoms with E-state index in [1.54, 1.807) is 57.4 Å². The zero-order valence-electron chi connectivity index (χ0n) is 20.9. The number of methoxy groups -OCH3 is 1. The highest BCUT2D eigenvalue weighted by molar-refractivity contribution is 7.92. The maximum Gasteiger partial charge on any atom is 0.244 e. The van der Waals surface area contributed by atoms with Crippen LogP contribution in [0, 0.1) is 6.92 Å². The van der Waals surface area contributed by atoms with Gasteiger partial charge in [0.15, 0.2) is 0 Å². The second-order valence-electron chi connectivity index (χ2n) is 8.39. The first kappa shape index (κ1) is 28.5. The van der Waals surface area contributed by atoms with Crippen LogP contribution in [0.15, 0.2) is 42.5 Å². The van der Waals surface area contributed by atoms with E-state index in [-0.39, 0.29) is 12.5 Å². The molecular weight excluding hydrogens is 490 g/mol. The minimum absolute atomic E-state index is 0.122. The van der Waals surface area contributed by atoms with Crippen molar-refractivity contribution < 1.29 is 22.7 Å². The van der Waals surface area contributed by atoms with Crippen LogP contribution in [0.2, 0.25) is 5.02 Å². The van der Waals surface area contributed by atoms with Crippen LogP contribution >= 0.6 is 11.6 Å². The van der Waals surface area contributed by atoms with Crippen LogP contribution in [-0.2, 0) is 26.2 Å². The van der Waals surface area contributed by atoms with Crippen LogP contribution in [0.5, 0.6) is 5.75 Å². The lowest BCUT2D eigenvalue weighted by atomic mass is 10.1. The Labute approximate surface area is 213 Å². The van der Waals surface area contributed by atoms with E-state index >= 15 is 0 Å². The minimum atomic E-state index is -3.82. The number of halogens is 1. The van der Waals surface area contributed by atoms with Crippen molar-refractivity contribution in [2.45, 2.75) is 46.2 Å². The van der Waals surface area contributed by atoms with E-state index in [0.717, 1.165) is 29.0 Å². The Bertz CT molecular complexity index is 1120. The second kappa shape index (κ2) is 12.8. The fourth-order valence-electron chi connectivity index (χ4n) is 3.49.